The lowest BCUT2D eigenvalue weighted by Gasteiger charge is -2.35. The minimum atomic E-state index is -1.78. The molecule has 2 atom stereocenters. The Bertz CT molecular complexity index is 702. The quantitative estimate of drug-likeness (QED) is 0.319. The zero-order chi connectivity index (χ0) is 20.8. The molecule has 3 heteroatoms. The van der Waals surface area contributed by atoms with Gasteiger partial charge in [0.2, 0.25) is 0 Å². The smallest absolute Gasteiger partial charge is 0.196 e. The third-order valence-electron chi connectivity index (χ3n) is 6.27. The van der Waals surface area contributed by atoms with Crippen molar-refractivity contribution < 1.29 is 9.16 Å². The third-order valence-corrected chi connectivity index (χ3v) is 10.7. The number of benzene rings is 2. The van der Waals surface area contributed by atoms with Gasteiger partial charge in [0.25, 0.3) is 0 Å². The molecule has 0 aliphatic carbocycles. The second-order valence-electron chi connectivity index (χ2n) is 9.45. The van der Waals surface area contributed by atoms with Crippen LogP contribution in [0.5, 0.6) is 5.75 Å². The predicted molar refractivity (Wildman–Crippen MR) is 123 cm³/mol. The molecule has 0 aromatic heterocycles. The molecule has 2 nitrogen and oxygen atoms in total. The molecule has 0 aliphatic rings. The molecule has 0 heterocycles. The summed E-state index contributed by atoms with van der Waals surface area (Å²) in [5, 5.41) is 0.194. The molecule has 2 rings (SSSR count). The second kappa shape index (κ2) is 9.75. The summed E-state index contributed by atoms with van der Waals surface area (Å²) < 4.78 is 12.0. The highest BCUT2D eigenvalue weighted by Gasteiger charge is 2.37. The van der Waals surface area contributed by atoms with Crippen molar-refractivity contribution in [1.82, 2.24) is 0 Å². The average Bonchev–Trinajstić information content (AvgIpc) is 2.66. The van der Waals surface area contributed by atoms with Gasteiger partial charge in [0.1, 0.15) is 5.75 Å². The lowest BCUT2D eigenvalue weighted by atomic mass is 9.83. The fraction of sp³-hybridized carbons (Fsp3) is 0.520. The second-order valence-corrected chi connectivity index (χ2v) is 14.3. The van der Waals surface area contributed by atoms with Crippen LogP contribution in [0.3, 0.4) is 0 Å². The third kappa shape index (κ3) is 6.21. The monoisotopic (exact) mass is 398 g/mol. The highest BCUT2D eigenvalue weighted by Crippen LogP contribution is 2.37. The molecule has 2 aromatic carbocycles. The first-order chi connectivity index (χ1) is 13.1. The Morgan fingerprint density at radius 2 is 1.46 bits per heavy atom. The van der Waals surface area contributed by atoms with E-state index in [1.54, 1.807) is 0 Å². The van der Waals surface area contributed by atoms with Crippen LogP contribution in [0.4, 0.5) is 0 Å². The molecule has 0 aliphatic heterocycles. The van der Waals surface area contributed by atoms with Crippen molar-refractivity contribution in [2.45, 2.75) is 71.5 Å². The first kappa shape index (κ1) is 22.7. The van der Waals surface area contributed by atoms with Crippen LogP contribution in [0, 0.1) is 5.92 Å². The molecule has 0 fully saturated rings. The number of hydrogen-bond donors (Lipinski definition) is 0. The van der Waals surface area contributed by atoms with Crippen LogP contribution in [0.2, 0.25) is 18.1 Å². The van der Waals surface area contributed by atoms with Gasteiger partial charge in [-0.25, -0.2) is 0 Å². The van der Waals surface area contributed by atoms with Crippen LogP contribution in [0.15, 0.2) is 54.6 Å². The summed E-state index contributed by atoms with van der Waals surface area (Å²) >= 11 is 0. The molecule has 2 unspecified atom stereocenters. The van der Waals surface area contributed by atoms with E-state index in [1.165, 1.54) is 17.5 Å². The molecule has 2 aromatic rings. The topological polar surface area (TPSA) is 18.5 Å². The lowest BCUT2D eigenvalue weighted by Crippen LogP contribution is -2.41. The molecule has 0 N–H and O–H groups in total. The number of rotatable bonds is 9. The van der Waals surface area contributed by atoms with Crippen molar-refractivity contribution in [3.63, 3.8) is 0 Å². The molecule has 0 saturated heterocycles. The van der Waals surface area contributed by atoms with Gasteiger partial charge < -0.3 is 9.16 Å². The first-order valence-corrected chi connectivity index (χ1v) is 13.5. The van der Waals surface area contributed by atoms with Crippen LogP contribution in [0.1, 0.15) is 64.5 Å². The Labute approximate surface area is 173 Å². The SMILES string of the molecule is CCC(C)CC(c1ccccc1)c1ccc(OCO[Si](C)(C)C(C)(C)C)cc1. The largest absolute Gasteiger partial charge is 0.469 e. The minimum Gasteiger partial charge on any atom is -0.469 e. The highest BCUT2D eigenvalue weighted by atomic mass is 28.4. The maximum absolute atomic E-state index is 6.13. The number of hydrogen-bond acceptors (Lipinski definition) is 2. The van der Waals surface area contributed by atoms with Crippen LogP contribution in [-0.2, 0) is 4.43 Å². The molecular weight excluding hydrogens is 360 g/mol. The fourth-order valence-electron chi connectivity index (χ4n) is 2.98. The fourth-order valence-corrected chi connectivity index (χ4v) is 3.76. The Kier molecular flexibility index (Phi) is 7.91. The van der Waals surface area contributed by atoms with E-state index in [0.717, 1.165) is 12.2 Å². The average molecular weight is 399 g/mol. The summed E-state index contributed by atoms with van der Waals surface area (Å²) in [7, 11) is -1.78. The van der Waals surface area contributed by atoms with E-state index in [-0.39, 0.29) is 5.04 Å². The van der Waals surface area contributed by atoms with Gasteiger partial charge in [0.15, 0.2) is 15.1 Å². The molecule has 0 saturated carbocycles. The number of ether oxygens (including phenoxy) is 1. The predicted octanol–water partition coefficient (Wildman–Crippen LogP) is 7.61. The maximum Gasteiger partial charge on any atom is 0.196 e. The van der Waals surface area contributed by atoms with Gasteiger partial charge in [0, 0.05) is 5.92 Å². The van der Waals surface area contributed by atoms with Crippen molar-refractivity contribution in [2.75, 3.05) is 6.79 Å². The molecule has 28 heavy (non-hydrogen) atoms. The Morgan fingerprint density at radius 1 is 0.893 bits per heavy atom. The molecule has 0 bridgehead atoms. The van der Waals surface area contributed by atoms with Crippen LogP contribution in [0.25, 0.3) is 0 Å². The van der Waals surface area contributed by atoms with Crippen LogP contribution in [-0.4, -0.2) is 15.1 Å². The molecular formula is C25H38O2Si. The van der Waals surface area contributed by atoms with Gasteiger partial charge in [0.05, 0.1) is 0 Å². The molecule has 0 amide bonds. The van der Waals surface area contributed by atoms with Crippen LogP contribution < -0.4 is 4.74 Å². The van der Waals surface area contributed by atoms with Crippen molar-refractivity contribution in [3.05, 3.63) is 65.7 Å². The van der Waals surface area contributed by atoms with E-state index < -0.39 is 8.32 Å². The van der Waals surface area contributed by atoms with Crippen molar-refractivity contribution in [1.29, 1.82) is 0 Å². The standard InChI is InChI=1S/C25H38O2Si/c1-8-20(2)18-24(21-12-10-9-11-13-21)22-14-16-23(17-15-22)26-19-27-28(6,7)25(3,4)5/h9-17,20,24H,8,18-19H2,1-7H3. The summed E-state index contributed by atoms with van der Waals surface area (Å²) in [5.41, 5.74) is 2.74. The Morgan fingerprint density at radius 3 is 2.00 bits per heavy atom. The van der Waals surface area contributed by atoms with E-state index in [0.29, 0.717) is 18.6 Å². The van der Waals surface area contributed by atoms with Crippen molar-refractivity contribution in [3.8, 4) is 5.75 Å². The first-order valence-electron chi connectivity index (χ1n) is 10.6. The molecule has 0 radical (unpaired) electrons. The summed E-state index contributed by atoms with van der Waals surface area (Å²) in [6.45, 7) is 16.2. The summed E-state index contributed by atoms with van der Waals surface area (Å²) in [4.78, 5) is 0. The van der Waals surface area contributed by atoms with Gasteiger partial charge >= 0.3 is 0 Å². The van der Waals surface area contributed by atoms with Gasteiger partial charge in [-0.3, -0.25) is 0 Å². The Hall–Kier alpha value is -1.58. The lowest BCUT2D eigenvalue weighted by molar-refractivity contribution is 0.106. The van der Waals surface area contributed by atoms with Crippen LogP contribution >= 0.6 is 0 Å². The minimum absolute atomic E-state index is 0.194. The maximum atomic E-state index is 6.13. The van der Waals surface area contributed by atoms with Gasteiger partial charge in [-0.15, -0.1) is 0 Å². The molecule has 154 valence electrons. The van der Waals surface area contributed by atoms with Gasteiger partial charge in [-0.1, -0.05) is 83.5 Å². The molecule has 0 spiro atoms. The van der Waals surface area contributed by atoms with Gasteiger partial charge in [-0.05, 0) is 53.7 Å². The van der Waals surface area contributed by atoms with Crippen molar-refractivity contribution in [2.24, 2.45) is 5.92 Å². The van der Waals surface area contributed by atoms with E-state index in [1.807, 2.05) is 0 Å². The highest BCUT2D eigenvalue weighted by molar-refractivity contribution is 6.74. The summed E-state index contributed by atoms with van der Waals surface area (Å²) in [6.07, 6.45) is 2.37. The Balaban J connectivity index is 2.06. The van der Waals surface area contributed by atoms with E-state index >= 15 is 0 Å². The van der Waals surface area contributed by atoms with Gasteiger partial charge in [-0.2, -0.15) is 0 Å². The van der Waals surface area contributed by atoms with E-state index in [4.69, 9.17) is 9.16 Å². The van der Waals surface area contributed by atoms with E-state index in [9.17, 15) is 0 Å². The normalized spacial score (nSPS) is 14.5. The summed E-state index contributed by atoms with van der Waals surface area (Å²) in [6, 6.07) is 19.4. The van der Waals surface area contributed by atoms with Crippen molar-refractivity contribution >= 4 is 8.32 Å². The zero-order valence-corrected chi connectivity index (χ0v) is 19.8. The summed E-state index contributed by atoms with van der Waals surface area (Å²) in [5.74, 6) is 1.99. The zero-order valence-electron chi connectivity index (χ0n) is 18.8. The van der Waals surface area contributed by atoms with E-state index in [2.05, 4.69) is 102 Å².